The van der Waals surface area contributed by atoms with Crippen LogP contribution in [-0.2, 0) is 4.79 Å². The number of nitrogens with two attached hydrogens (primary N) is 1. The number of carbonyl (C=O) groups is 1. The fourth-order valence-electron chi connectivity index (χ4n) is 1.92. The van der Waals surface area contributed by atoms with E-state index < -0.39 is 5.54 Å². The van der Waals surface area contributed by atoms with Crippen LogP contribution < -0.4 is 5.73 Å². The number of nitrogens with zero attached hydrogens (tertiary/aromatic N) is 1. The van der Waals surface area contributed by atoms with Gasteiger partial charge in [-0.25, -0.2) is 0 Å². The molecule has 0 bridgehead atoms. The highest BCUT2D eigenvalue weighted by Gasteiger charge is 2.33. The van der Waals surface area contributed by atoms with E-state index in [0.29, 0.717) is 11.8 Å². The molecular formula is C11H22N2O. The van der Waals surface area contributed by atoms with Gasteiger partial charge in [-0.3, -0.25) is 4.79 Å². The van der Waals surface area contributed by atoms with E-state index in [4.69, 9.17) is 5.73 Å². The van der Waals surface area contributed by atoms with Crippen molar-refractivity contribution in [2.45, 2.75) is 39.7 Å². The van der Waals surface area contributed by atoms with E-state index in [1.165, 1.54) is 0 Å². The lowest BCUT2D eigenvalue weighted by Gasteiger charge is -2.26. The smallest absolute Gasteiger partial charge is 0.242 e. The molecule has 3 heteroatoms. The van der Waals surface area contributed by atoms with Crippen LogP contribution in [0.5, 0.6) is 0 Å². The van der Waals surface area contributed by atoms with Gasteiger partial charge in [0, 0.05) is 13.1 Å². The van der Waals surface area contributed by atoms with Crippen LogP contribution in [0.2, 0.25) is 0 Å². The van der Waals surface area contributed by atoms with Crippen LogP contribution in [0.1, 0.15) is 34.1 Å². The molecule has 0 spiro atoms. The van der Waals surface area contributed by atoms with Crippen molar-refractivity contribution in [3.63, 3.8) is 0 Å². The topological polar surface area (TPSA) is 46.3 Å². The predicted octanol–water partition coefficient (Wildman–Crippen LogP) is 1.23. The lowest BCUT2D eigenvalue weighted by atomic mass is 9.95. The minimum atomic E-state index is -0.716. The Hall–Kier alpha value is -0.570. The van der Waals surface area contributed by atoms with Crippen molar-refractivity contribution in [3.8, 4) is 0 Å². The monoisotopic (exact) mass is 198 g/mol. The van der Waals surface area contributed by atoms with E-state index in [1.807, 2.05) is 4.90 Å². The molecule has 1 aliphatic heterocycles. The molecule has 1 atom stereocenters. The Morgan fingerprint density at radius 1 is 1.50 bits per heavy atom. The lowest BCUT2D eigenvalue weighted by molar-refractivity contribution is -0.134. The third kappa shape index (κ3) is 2.47. The molecular weight excluding hydrogens is 176 g/mol. The zero-order valence-corrected chi connectivity index (χ0v) is 9.71. The van der Waals surface area contributed by atoms with Crippen LogP contribution in [0.4, 0.5) is 0 Å². The molecule has 1 heterocycles. The Labute approximate surface area is 86.6 Å². The van der Waals surface area contributed by atoms with E-state index in [9.17, 15) is 4.79 Å². The summed E-state index contributed by atoms with van der Waals surface area (Å²) in [4.78, 5) is 13.7. The summed E-state index contributed by atoms with van der Waals surface area (Å²) in [6.45, 7) is 9.74. The summed E-state index contributed by atoms with van der Waals surface area (Å²) >= 11 is 0. The normalized spacial score (nSPS) is 23.3. The molecule has 1 fully saturated rings. The number of likely N-dealkylation sites (tertiary alicyclic amines) is 1. The van der Waals surface area contributed by atoms with Gasteiger partial charge in [-0.15, -0.1) is 0 Å². The fourth-order valence-corrected chi connectivity index (χ4v) is 1.92. The maximum absolute atomic E-state index is 11.8. The van der Waals surface area contributed by atoms with E-state index in [2.05, 4.69) is 13.8 Å². The Bertz CT molecular complexity index is 218. The molecule has 14 heavy (non-hydrogen) atoms. The minimum Gasteiger partial charge on any atom is -0.341 e. The first-order valence-corrected chi connectivity index (χ1v) is 5.40. The Morgan fingerprint density at radius 3 is 2.43 bits per heavy atom. The molecule has 0 unspecified atom stereocenters. The Kier molecular flexibility index (Phi) is 3.20. The molecule has 0 aromatic rings. The average molecular weight is 198 g/mol. The predicted molar refractivity (Wildman–Crippen MR) is 57.8 cm³/mol. The van der Waals surface area contributed by atoms with Crippen molar-refractivity contribution in [2.75, 3.05) is 13.1 Å². The molecule has 1 saturated heterocycles. The maximum Gasteiger partial charge on any atom is 0.242 e. The fraction of sp³-hybridized carbons (Fsp3) is 0.909. The van der Waals surface area contributed by atoms with Crippen molar-refractivity contribution in [3.05, 3.63) is 0 Å². The summed E-state index contributed by atoms with van der Waals surface area (Å²) in [7, 11) is 0. The summed E-state index contributed by atoms with van der Waals surface area (Å²) in [6, 6.07) is 0. The first-order valence-electron chi connectivity index (χ1n) is 5.40. The van der Waals surface area contributed by atoms with E-state index in [1.54, 1.807) is 13.8 Å². The average Bonchev–Trinajstić information content (AvgIpc) is 2.48. The molecule has 1 aliphatic rings. The van der Waals surface area contributed by atoms with Crippen LogP contribution in [-0.4, -0.2) is 29.4 Å². The van der Waals surface area contributed by atoms with Gasteiger partial charge in [0.05, 0.1) is 5.54 Å². The largest absolute Gasteiger partial charge is 0.341 e. The van der Waals surface area contributed by atoms with Crippen molar-refractivity contribution >= 4 is 5.91 Å². The minimum absolute atomic E-state index is 0.0839. The second kappa shape index (κ2) is 3.89. The zero-order chi connectivity index (χ0) is 10.9. The quantitative estimate of drug-likeness (QED) is 0.725. The molecule has 0 saturated carbocycles. The SMILES string of the molecule is CC(C)[C@H]1CCN(C(=O)C(C)(C)N)C1. The van der Waals surface area contributed by atoms with E-state index >= 15 is 0 Å². The second-order valence-corrected chi connectivity index (χ2v) is 5.27. The number of hydrogen-bond acceptors (Lipinski definition) is 2. The van der Waals surface area contributed by atoms with Gasteiger partial charge >= 0.3 is 0 Å². The molecule has 0 aromatic heterocycles. The van der Waals surface area contributed by atoms with Gasteiger partial charge < -0.3 is 10.6 Å². The van der Waals surface area contributed by atoms with Crippen LogP contribution in [0, 0.1) is 11.8 Å². The van der Waals surface area contributed by atoms with Gasteiger partial charge in [0.1, 0.15) is 0 Å². The highest BCUT2D eigenvalue weighted by Crippen LogP contribution is 2.24. The Morgan fingerprint density at radius 2 is 2.07 bits per heavy atom. The van der Waals surface area contributed by atoms with Gasteiger partial charge in [-0.05, 0) is 32.1 Å². The van der Waals surface area contributed by atoms with Gasteiger partial charge in [-0.2, -0.15) is 0 Å². The van der Waals surface area contributed by atoms with E-state index in [-0.39, 0.29) is 5.91 Å². The van der Waals surface area contributed by atoms with E-state index in [0.717, 1.165) is 19.5 Å². The van der Waals surface area contributed by atoms with Gasteiger partial charge in [-0.1, -0.05) is 13.8 Å². The van der Waals surface area contributed by atoms with Gasteiger partial charge in [0.15, 0.2) is 0 Å². The summed E-state index contributed by atoms with van der Waals surface area (Å²) < 4.78 is 0. The van der Waals surface area contributed by atoms with Crippen molar-refractivity contribution in [2.24, 2.45) is 17.6 Å². The van der Waals surface area contributed by atoms with Crippen LogP contribution in [0.25, 0.3) is 0 Å². The molecule has 0 aromatic carbocycles. The molecule has 2 N–H and O–H groups in total. The first-order chi connectivity index (χ1) is 6.32. The van der Waals surface area contributed by atoms with Crippen molar-refractivity contribution < 1.29 is 4.79 Å². The molecule has 82 valence electrons. The maximum atomic E-state index is 11.8. The lowest BCUT2D eigenvalue weighted by Crippen LogP contribution is -2.50. The Balaban J connectivity index is 2.54. The highest BCUT2D eigenvalue weighted by molar-refractivity contribution is 5.85. The molecule has 0 radical (unpaired) electrons. The summed E-state index contributed by atoms with van der Waals surface area (Å²) in [5.74, 6) is 1.40. The van der Waals surface area contributed by atoms with Crippen molar-refractivity contribution in [1.29, 1.82) is 0 Å². The molecule has 3 nitrogen and oxygen atoms in total. The molecule has 1 rings (SSSR count). The third-order valence-corrected chi connectivity index (χ3v) is 3.01. The molecule has 0 aliphatic carbocycles. The standard InChI is InChI=1S/C11H22N2O/c1-8(2)9-5-6-13(7-9)10(14)11(3,4)12/h8-9H,5-7,12H2,1-4H3/t9-/m0/s1. The zero-order valence-electron chi connectivity index (χ0n) is 9.71. The highest BCUT2D eigenvalue weighted by atomic mass is 16.2. The van der Waals surface area contributed by atoms with Crippen LogP contribution in [0.15, 0.2) is 0 Å². The summed E-state index contributed by atoms with van der Waals surface area (Å²) in [5, 5.41) is 0. The number of hydrogen-bond donors (Lipinski definition) is 1. The van der Waals surface area contributed by atoms with Crippen LogP contribution >= 0.6 is 0 Å². The number of rotatable bonds is 2. The van der Waals surface area contributed by atoms with Crippen LogP contribution in [0.3, 0.4) is 0 Å². The van der Waals surface area contributed by atoms with Gasteiger partial charge in [0.2, 0.25) is 5.91 Å². The number of carbonyl (C=O) groups excluding carboxylic acids is 1. The first kappa shape index (κ1) is 11.5. The summed E-state index contributed by atoms with van der Waals surface area (Å²) in [6.07, 6.45) is 1.12. The van der Waals surface area contributed by atoms with Crippen molar-refractivity contribution in [1.82, 2.24) is 4.90 Å². The molecule has 1 amide bonds. The second-order valence-electron chi connectivity index (χ2n) is 5.27. The van der Waals surface area contributed by atoms with Gasteiger partial charge in [0.25, 0.3) is 0 Å². The third-order valence-electron chi connectivity index (χ3n) is 3.01. The number of amides is 1. The summed E-state index contributed by atoms with van der Waals surface area (Å²) in [5.41, 5.74) is 5.07.